The Balaban J connectivity index is 0.973. The van der Waals surface area contributed by atoms with Gasteiger partial charge in [0.25, 0.3) is 0 Å². The van der Waals surface area contributed by atoms with E-state index >= 15 is 0 Å². The van der Waals surface area contributed by atoms with Crippen molar-refractivity contribution in [2.45, 2.75) is 160 Å². The molecule has 11 nitrogen and oxygen atoms in total. The van der Waals surface area contributed by atoms with Crippen LogP contribution in [0.15, 0.2) is 35.2 Å². The number of amides is 1. The van der Waals surface area contributed by atoms with Crippen LogP contribution in [0.5, 0.6) is 5.75 Å². The highest BCUT2D eigenvalue weighted by Gasteiger charge is 2.45. The van der Waals surface area contributed by atoms with Gasteiger partial charge in [-0.25, -0.2) is 4.98 Å². The van der Waals surface area contributed by atoms with Crippen LogP contribution in [0.3, 0.4) is 0 Å². The number of nitrogens with zero attached hydrogens (tertiary/aromatic N) is 5. The first-order valence-electron chi connectivity index (χ1n) is 21.7. The minimum Gasteiger partial charge on any atom is -0.486 e. The summed E-state index contributed by atoms with van der Waals surface area (Å²) in [5.41, 5.74) is 2.54. The number of hydrogen-bond donors (Lipinski definition) is 3. The number of aliphatic hydroxyl groups is 1. The molecule has 1 amide bonds. The van der Waals surface area contributed by atoms with E-state index in [1.165, 1.54) is 94.6 Å². The van der Waals surface area contributed by atoms with E-state index in [0.29, 0.717) is 37.0 Å². The van der Waals surface area contributed by atoms with Crippen LogP contribution >= 0.6 is 0 Å². The van der Waals surface area contributed by atoms with Gasteiger partial charge in [0.2, 0.25) is 5.91 Å². The lowest BCUT2D eigenvalue weighted by atomic mass is 9.85. The number of hydrogen-bond acceptors (Lipinski definition) is 10. The van der Waals surface area contributed by atoms with Gasteiger partial charge >= 0.3 is 0 Å². The Bertz CT molecular complexity index is 1420. The molecule has 11 heteroatoms. The highest BCUT2D eigenvalue weighted by atomic mass is 16.5. The number of carbonyl (C=O) groups is 1. The fraction of sp³-hybridized carbons (Fsp3) is 0.767. The molecule has 2 aromatic rings. The summed E-state index contributed by atoms with van der Waals surface area (Å²) in [5.74, 6) is 1.58. The molecule has 1 aromatic carbocycles. The number of carbonyl (C=O) groups excluding carboxylic acids is 1. The van der Waals surface area contributed by atoms with E-state index in [2.05, 4.69) is 61.2 Å². The summed E-state index contributed by atoms with van der Waals surface area (Å²) in [7, 11) is 0. The van der Waals surface area contributed by atoms with Crippen LogP contribution in [0.25, 0.3) is 0 Å². The molecule has 300 valence electrons. The van der Waals surface area contributed by atoms with E-state index in [-0.39, 0.29) is 30.7 Å². The van der Waals surface area contributed by atoms with Gasteiger partial charge in [-0.2, -0.15) is 0 Å². The third kappa shape index (κ3) is 10.6. The first kappa shape index (κ1) is 39.7. The Labute approximate surface area is 324 Å². The summed E-state index contributed by atoms with van der Waals surface area (Å²) in [6.45, 7) is 11.8. The van der Waals surface area contributed by atoms with Crippen molar-refractivity contribution in [3.05, 3.63) is 47.7 Å². The lowest BCUT2D eigenvalue weighted by molar-refractivity contribution is -0.138. The minimum absolute atomic E-state index is 0.0685. The number of benzene rings is 1. The molecule has 2 saturated carbocycles. The second-order valence-corrected chi connectivity index (χ2v) is 17.3. The van der Waals surface area contributed by atoms with Crippen molar-refractivity contribution >= 4 is 5.91 Å². The average Bonchev–Trinajstić information content (AvgIpc) is 3.70. The highest BCUT2D eigenvalue weighted by Crippen LogP contribution is 2.36. The molecule has 0 radical (unpaired) electrons. The maximum Gasteiger partial charge on any atom is 0.223 e. The van der Waals surface area contributed by atoms with E-state index in [0.717, 1.165) is 64.3 Å². The highest BCUT2D eigenvalue weighted by molar-refractivity contribution is 5.78. The molecular formula is C43H69N7O4. The van der Waals surface area contributed by atoms with E-state index in [9.17, 15) is 9.90 Å². The van der Waals surface area contributed by atoms with Gasteiger partial charge in [0.1, 0.15) is 12.4 Å². The molecule has 5 aliphatic rings. The first-order valence-corrected chi connectivity index (χ1v) is 21.7. The largest absolute Gasteiger partial charge is 0.486 e. The van der Waals surface area contributed by atoms with E-state index in [4.69, 9.17) is 9.15 Å². The SMILES string of the molecule is CC(C)N1CCN(C2CC(C(=O)NC[C@H](O)CN3CCc4cc(OCc5cnco5)ccc4C3)CC(NC3CCC3)N2C2CCCCCCCCC2)CC1. The Morgan fingerprint density at radius 1 is 0.944 bits per heavy atom. The Hall–Kier alpha value is -2.54. The number of ether oxygens (including phenoxy) is 1. The van der Waals surface area contributed by atoms with Crippen molar-refractivity contribution < 1.29 is 19.1 Å². The van der Waals surface area contributed by atoms with E-state index in [1.807, 2.05) is 6.07 Å². The summed E-state index contributed by atoms with van der Waals surface area (Å²) in [6, 6.07) is 7.94. The van der Waals surface area contributed by atoms with Crippen LogP contribution in [0.4, 0.5) is 0 Å². The number of rotatable bonds is 13. The van der Waals surface area contributed by atoms with Crippen molar-refractivity contribution in [2.75, 3.05) is 45.8 Å². The second kappa shape index (κ2) is 19.6. The number of β-amino-alcohol motifs (C(OH)–C–C–N with tert-alkyl or cyclic N) is 1. The summed E-state index contributed by atoms with van der Waals surface area (Å²) in [6.07, 6.45) is 21.4. The molecule has 4 fully saturated rings. The van der Waals surface area contributed by atoms with Gasteiger partial charge in [-0.15, -0.1) is 0 Å². The summed E-state index contributed by atoms with van der Waals surface area (Å²) in [5, 5.41) is 18.6. The predicted molar refractivity (Wildman–Crippen MR) is 212 cm³/mol. The van der Waals surface area contributed by atoms with E-state index in [1.54, 1.807) is 6.20 Å². The quantitative estimate of drug-likeness (QED) is 0.243. The maximum absolute atomic E-state index is 14.1. The van der Waals surface area contributed by atoms with Crippen LogP contribution < -0.4 is 15.4 Å². The van der Waals surface area contributed by atoms with Crippen molar-refractivity contribution in [2.24, 2.45) is 5.92 Å². The van der Waals surface area contributed by atoms with Crippen LogP contribution in [0, 0.1) is 5.92 Å². The lowest BCUT2D eigenvalue weighted by Crippen LogP contribution is -2.68. The molecule has 3 aliphatic heterocycles. The molecule has 2 saturated heterocycles. The van der Waals surface area contributed by atoms with Crippen molar-refractivity contribution in [1.82, 2.24) is 35.2 Å². The number of likely N-dealkylation sites (tertiary alicyclic amines) is 1. The van der Waals surface area contributed by atoms with E-state index < -0.39 is 6.10 Å². The van der Waals surface area contributed by atoms with Gasteiger partial charge in [-0.05, 0) is 82.1 Å². The Morgan fingerprint density at radius 3 is 2.39 bits per heavy atom. The molecule has 3 N–H and O–H groups in total. The summed E-state index contributed by atoms with van der Waals surface area (Å²) in [4.78, 5) is 28.6. The molecular weight excluding hydrogens is 679 g/mol. The number of aromatic nitrogens is 1. The number of aliphatic hydroxyl groups excluding tert-OH is 1. The summed E-state index contributed by atoms with van der Waals surface area (Å²) < 4.78 is 11.2. The number of nitrogens with one attached hydrogen (secondary N) is 2. The molecule has 4 heterocycles. The fourth-order valence-corrected chi connectivity index (χ4v) is 9.79. The van der Waals surface area contributed by atoms with Gasteiger partial charge in [0.05, 0.1) is 24.6 Å². The zero-order valence-corrected chi connectivity index (χ0v) is 33.3. The normalized spacial score (nSPS) is 26.9. The minimum atomic E-state index is -0.619. The van der Waals surface area contributed by atoms with Crippen LogP contribution in [0.2, 0.25) is 0 Å². The standard InChI is InChI=1S/C43H69N7O4/c1-32(2)48-19-21-49(22-20-48)42-25-35(24-41(46-36-11-10-12-36)50(42)37-13-8-6-4-3-5-7-9-14-37)43(52)45-26-38(51)29-47-18-17-33-23-39(16-15-34(33)28-47)53-30-40-27-44-31-54-40/h15-16,23,27,31-32,35-38,41-42,46,51H,3-14,17-22,24-26,28-30H2,1-2H3,(H,45,52)/t35?,38-,41?,42?/m0/s1. The Morgan fingerprint density at radius 2 is 1.70 bits per heavy atom. The van der Waals surface area contributed by atoms with Crippen molar-refractivity contribution in [1.29, 1.82) is 0 Å². The van der Waals surface area contributed by atoms with Gasteiger partial charge in [-0.3, -0.25) is 29.7 Å². The fourth-order valence-electron chi connectivity index (χ4n) is 9.79. The van der Waals surface area contributed by atoms with Crippen LogP contribution in [-0.2, 0) is 24.4 Å². The number of oxazole rings is 1. The zero-order valence-electron chi connectivity index (χ0n) is 33.3. The van der Waals surface area contributed by atoms with Crippen LogP contribution in [0.1, 0.15) is 121 Å². The van der Waals surface area contributed by atoms with Gasteiger partial charge < -0.3 is 19.6 Å². The molecule has 0 spiro atoms. The molecule has 54 heavy (non-hydrogen) atoms. The monoisotopic (exact) mass is 748 g/mol. The third-order valence-electron chi connectivity index (χ3n) is 13.2. The molecule has 4 atom stereocenters. The number of fused-ring (bicyclic) bond motifs is 1. The van der Waals surface area contributed by atoms with Crippen molar-refractivity contribution in [3.8, 4) is 5.75 Å². The van der Waals surface area contributed by atoms with Crippen LogP contribution in [-0.4, -0.2) is 118 Å². The zero-order chi connectivity index (χ0) is 37.3. The molecule has 7 rings (SSSR count). The van der Waals surface area contributed by atoms with Gasteiger partial charge in [-0.1, -0.05) is 57.4 Å². The topological polar surface area (TPSA) is 110 Å². The second-order valence-electron chi connectivity index (χ2n) is 17.3. The van der Waals surface area contributed by atoms with Gasteiger partial charge in [0, 0.05) is 76.4 Å². The maximum atomic E-state index is 14.1. The molecule has 1 aromatic heterocycles. The lowest BCUT2D eigenvalue weighted by Gasteiger charge is -2.55. The van der Waals surface area contributed by atoms with Gasteiger partial charge in [0.15, 0.2) is 12.2 Å². The molecule has 0 bridgehead atoms. The Kier molecular flexibility index (Phi) is 14.4. The predicted octanol–water partition coefficient (Wildman–Crippen LogP) is 5.51. The first-order chi connectivity index (χ1) is 26.4. The average molecular weight is 748 g/mol. The van der Waals surface area contributed by atoms with Crippen molar-refractivity contribution in [3.63, 3.8) is 0 Å². The summed E-state index contributed by atoms with van der Waals surface area (Å²) >= 11 is 0. The molecule has 3 unspecified atom stereocenters. The third-order valence-corrected chi connectivity index (χ3v) is 13.2. The number of piperazine rings is 1. The number of piperidine rings is 1. The smallest absolute Gasteiger partial charge is 0.223 e. The molecule has 2 aliphatic carbocycles.